The zero-order valence-corrected chi connectivity index (χ0v) is 32.5. The third-order valence-corrected chi connectivity index (χ3v) is 12.9. The Kier molecular flexibility index (Phi) is 6.44. The van der Waals surface area contributed by atoms with E-state index in [1.54, 1.807) is 0 Å². The van der Waals surface area contributed by atoms with Gasteiger partial charge in [0.05, 0.1) is 33.3 Å². The van der Waals surface area contributed by atoms with Crippen LogP contribution in [0.5, 0.6) is 0 Å². The summed E-state index contributed by atoms with van der Waals surface area (Å²) in [5, 5.41) is 7.48. The van der Waals surface area contributed by atoms with Gasteiger partial charge in [-0.25, -0.2) is 15.0 Å². The van der Waals surface area contributed by atoms with Gasteiger partial charge in [-0.05, 0) is 64.0 Å². The van der Waals surface area contributed by atoms with Crippen molar-refractivity contribution in [3.63, 3.8) is 0 Å². The molecule has 13 rings (SSSR count). The van der Waals surface area contributed by atoms with Gasteiger partial charge in [0.25, 0.3) is 0 Å². The number of aromatic nitrogens is 5. The fraction of sp³-hybridized carbons (Fsp3) is 0.0556. The molecule has 0 unspecified atom stereocenters. The molecule has 4 heterocycles. The van der Waals surface area contributed by atoms with E-state index in [0.717, 1.165) is 33.4 Å². The molecule has 12 aromatic rings. The van der Waals surface area contributed by atoms with E-state index in [1.165, 1.54) is 71.1 Å². The summed E-state index contributed by atoms with van der Waals surface area (Å²) in [4.78, 5) is 16.0. The van der Waals surface area contributed by atoms with Crippen LogP contribution in [0.4, 0.5) is 0 Å². The van der Waals surface area contributed by atoms with Crippen LogP contribution in [0.3, 0.4) is 0 Å². The molecule has 5 heteroatoms. The van der Waals surface area contributed by atoms with Crippen molar-refractivity contribution < 1.29 is 0 Å². The SMILES string of the molecule is CC1(C)c2ccccc2-c2c(-c3nc(-c4ccccc4)nc(-c4ccccc4-n4c5cccc6c7cccc8c9ccccc9n(c9cccc4c9c65)c78)n3)cccc21. The van der Waals surface area contributed by atoms with Crippen LogP contribution in [0.15, 0.2) is 176 Å². The maximum atomic E-state index is 5.43. The molecule has 0 radical (unpaired) electrons. The molecule has 0 bridgehead atoms. The summed E-state index contributed by atoms with van der Waals surface area (Å²) in [6, 6.07) is 63.3. The van der Waals surface area contributed by atoms with E-state index in [9.17, 15) is 0 Å². The Hall–Kier alpha value is -7.63. The Balaban J connectivity index is 1.12. The molecule has 276 valence electrons. The van der Waals surface area contributed by atoms with Gasteiger partial charge in [-0.1, -0.05) is 153 Å². The van der Waals surface area contributed by atoms with Gasteiger partial charge in [0.15, 0.2) is 17.5 Å². The minimum atomic E-state index is -0.150. The van der Waals surface area contributed by atoms with Crippen LogP contribution in [0, 0.1) is 0 Å². The molecule has 0 N–H and O–H groups in total. The molecule has 0 spiro atoms. The van der Waals surface area contributed by atoms with E-state index in [4.69, 9.17) is 15.0 Å². The van der Waals surface area contributed by atoms with Crippen molar-refractivity contribution >= 4 is 59.9 Å². The molecule has 0 aliphatic heterocycles. The largest absolute Gasteiger partial charge is 0.308 e. The standard InChI is InChI=1S/C54H35N5/c1-54(2)40-25-9-6-19-37(40)47-39(24-13-26-41(47)54)53-56-51(32-16-4-3-5-17-32)55-52(57-53)38-20-8-11-28-43(38)58-44-29-14-21-34-36-23-12-22-35-33-18-7-10-27-42(33)59(50(35)36)46-31-15-30-45(58)49(46)48(34)44/h3-31H,1-2H3. The summed E-state index contributed by atoms with van der Waals surface area (Å²) in [7, 11) is 0. The number of fused-ring (bicyclic) bond motifs is 8. The highest BCUT2D eigenvalue weighted by molar-refractivity contribution is 6.31. The second-order valence-electron chi connectivity index (χ2n) is 16.3. The zero-order valence-electron chi connectivity index (χ0n) is 32.5. The Labute approximate surface area is 339 Å². The first kappa shape index (κ1) is 32.5. The van der Waals surface area contributed by atoms with E-state index in [1.807, 2.05) is 18.2 Å². The van der Waals surface area contributed by atoms with Crippen molar-refractivity contribution in [2.75, 3.05) is 0 Å². The third kappa shape index (κ3) is 4.31. The molecule has 0 amide bonds. The lowest BCUT2D eigenvalue weighted by Gasteiger charge is -2.21. The molecule has 4 aromatic heterocycles. The fourth-order valence-corrected chi connectivity index (χ4v) is 10.4. The lowest BCUT2D eigenvalue weighted by molar-refractivity contribution is 0.660. The molecule has 0 saturated carbocycles. The molecular formula is C54H35N5. The zero-order chi connectivity index (χ0) is 39.0. The second kappa shape index (κ2) is 11.7. The summed E-state index contributed by atoms with van der Waals surface area (Å²) in [5.41, 5.74) is 14.7. The summed E-state index contributed by atoms with van der Waals surface area (Å²) in [6.07, 6.45) is 0. The van der Waals surface area contributed by atoms with Crippen LogP contribution < -0.4 is 0 Å². The quantitative estimate of drug-likeness (QED) is 0.180. The van der Waals surface area contributed by atoms with Gasteiger partial charge in [0, 0.05) is 49.0 Å². The van der Waals surface area contributed by atoms with Gasteiger partial charge in [0.2, 0.25) is 0 Å². The van der Waals surface area contributed by atoms with Gasteiger partial charge in [-0.15, -0.1) is 0 Å². The van der Waals surface area contributed by atoms with E-state index in [-0.39, 0.29) is 5.41 Å². The predicted octanol–water partition coefficient (Wildman–Crippen LogP) is 13.4. The third-order valence-electron chi connectivity index (χ3n) is 12.9. The summed E-state index contributed by atoms with van der Waals surface area (Å²) in [6.45, 7) is 4.63. The van der Waals surface area contributed by atoms with Crippen LogP contribution in [0.25, 0.3) is 111 Å². The first-order valence-electron chi connectivity index (χ1n) is 20.3. The highest BCUT2D eigenvalue weighted by Crippen LogP contribution is 2.52. The van der Waals surface area contributed by atoms with Crippen molar-refractivity contribution in [3.8, 4) is 51.0 Å². The monoisotopic (exact) mass is 753 g/mol. The van der Waals surface area contributed by atoms with Crippen molar-refractivity contribution in [1.82, 2.24) is 23.9 Å². The maximum Gasteiger partial charge on any atom is 0.166 e. The number of benzene rings is 8. The van der Waals surface area contributed by atoms with Gasteiger partial charge in [-0.3, -0.25) is 0 Å². The average molecular weight is 754 g/mol. The average Bonchev–Trinajstić information content (AvgIpc) is 3.86. The highest BCUT2D eigenvalue weighted by atomic mass is 15.1. The molecule has 1 aliphatic rings. The number of para-hydroxylation sites is 3. The molecule has 0 saturated heterocycles. The predicted molar refractivity (Wildman–Crippen MR) is 243 cm³/mol. The first-order chi connectivity index (χ1) is 29.1. The first-order valence-corrected chi connectivity index (χ1v) is 20.3. The molecule has 1 aliphatic carbocycles. The van der Waals surface area contributed by atoms with E-state index < -0.39 is 0 Å². The smallest absolute Gasteiger partial charge is 0.166 e. The van der Waals surface area contributed by atoms with E-state index >= 15 is 0 Å². The molecule has 5 nitrogen and oxygen atoms in total. The Bertz CT molecular complexity index is 3700. The summed E-state index contributed by atoms with van der Waals surface area (Å²) in [5.74, 6) is 1.93. The Morgan fingerprint density at radius 1 is 0.390 bits per heavy atom. The van der Waals surface area contributed by atoms with Crippen LogP contribution in [-0.2, 0) is 5.41 Å². The van der Waals surface area contributed by atoms with Gasteiger partial charge in [0.1, 0.15) is 0 Å². The summed E-state index contributed by atoms with van der Waals surface area (Å²) >= 11 is 0. The van der Waals surface area contributed by atoms with E-state index in [0.29, 0.717) is 17.5 Å². The van der Waals surface area contributed by atoms with Gasteiger partial charge < -0.3 is 8.97 Å². The number of hydrogen-bond acceptors (Lipinski definition) is 3. The summed E-state index contributed by atoms with van der Waals surface area (Å²) < 4.78 is 4.91. The lowest BCUT2D eigenvalue weighted by atomic mass is 9.82. The second-order valence-corrected chi connectivity index (χ2v) is 16.3. The molecule has 59 heavy (non-hydrogen) atoms. The van der Waals surface area contributed by atoms with Gasteiger partial charge in [-0.2, -0.15) is 0 Å². The fourth-order valence-electron chi connectivity index (χ4n) is 10.4. The van der Waals surface area contributed by atoms with Crippen LogP contribution in [0.2, 0.25) is 0 Å². The van der Waals surface area contributed by atoms with Crippen molar-refractivity contribution in [2.45, 2.75) is 19.3 Å². The van der Waals surface area contributed by atoms with Crippen LogP contribution in [-0.4, -0.2) is 23.9 Å². The number of nitrogens with zero attached hydrogens (tertiary/aromatic N) is 5. The van der Waals surface area contributed by atoms with Crippen LogP contribution >= 0.6 is 0 Å². The van der Waals surface area contributed by atoms with Crippen molar-refractivity contribution in [3.05, 3.63) is 187 Å². The van der Waals surface area contributed by atoms with Crippen molar-refractivity contribution in [2.24, 2.45) is 0 Å². The minimum absolute atomic E-state index is 0.150. The van der Waals surface area contributed by atoms with E-state index in [2.05, 4.69) is 181 Å². The van der Waals surface area contributed by atoms with Crippen molar-refractivity contribution in [1.29, 1.82) is 0 Å². The Morgan fingerprint density at radius 3 is 1.80 bits per heavy atom. The molecule has 0 atom stereocenters. The normalized spacial score (nSPS) is 13.4. The minimum Gasteiger partial charge on any atom is -0.308 e. The van der Waals surface area contributed by atoms with Crippen LogP contribution in [0.1, 0.15) is 25.0 Å². The van der Waals surface area contributed by atoms with Gasteiger partial charge >= 0.3 is 0 Å². The lowest BCUT2D eigenvalue weighted by Crippen LogP contribution is -2.14. The molecular weight excluding hydrogens is 719 g/mol. The maximum absolute atomic E-state index is 5.43. The number of hydrogen-bond donors (Lipinski definition) is 0. The Morgan fingerprint density at radius 2 is 0.932 bits per heavy atom. The number of rotatable bonds is 4. The molecule has 0 fully saturated rings. The highest BCUT2D eigenvalue weighted by Gasteiger charge is 2.37. The molecule has 8 aromatic carbocycles. The topological polar surface area (TPSA) is 48.0 Å².